The summed E-state index contributed by atoms with van der Waals surface area (Å²) in [6.07, 6.45) is -0.397. The molecule has 0 saturated carbocycles. The topological polar surface area (TPSA) is 36.8 Å². The zero-order valence-electron chi connectivity index (χ0n) is 12.3. The highest BCUT2D eigenvalue weighted by Gasteiger charge is 2.08. The number of hydrogen-bond donors (Lipinski definition) is 2. The Labute approximate surface area is 121 Å². The third-order valence-corrected chi connectivity index (χ3v) is 3.60. The van der Waals surface area contributed by atoms with Gasteiger partial charge in [-0.2, -0.15) is 0 Å². The Morgan fingerprint density at radius 2 is 1.55 bits per heavy atom. The highest BCUT2D eigenvalue weighted by molar-refractivity contribution is 5.24. The molecule has 0 bridgehead atoms. The fraction of sp³-hybridized carbons (Fsp3) is 0.333. The predicted octanol–water partition coefficient (Wildman–Crippen LogP) is 2.61. The van der Waals surface area contributed by atoms with Crippen LogP contribution in [0.2, 0.25) is 0 Å². The lowest BCUT2D eigenvalue weighted by atomic mass is 10.0. The van der Waals surface area contributed by atoms with Crippen LogP contribution in [0.5, 0.6) is 0 Å². The van der Waals surface area contributed by atoms with Gasteiger partial charge in [-0.1, -0.05) is 68.4 Å². The minimum atomic E-state index is -0.397. The predicted molar refractivity (Wildman–Crippen MR) is 82.4 cm³/mol. The molecule has 2 rings (SSSR count). The lowest BCUT2D eigenvalue weighted by molar-refractivity contribution is -0.677. The molecule has 0 saturated heterocycles. The van der Waals surface area contributed by atoms with Crippen molar-refractivity contribution in [2.45, 2.75) is 32.4 Å². The van der Waals surface area contributed by atoms with Crippen molar-refractivity contribution in [3.63, 3.8) is 0 Å². The Balaban J connectivity index is 1.81. The van der Waals surface area contributed by atoms with E-state index in [9.17, 15) is 5.11 Å². The zero-order valence-corrected chi connectivity index (χ0v) is 12.3. The van der Waals surface area contributed by atoms with E-state index in [0.29, 0.717) is 12.5 Å². The maximum atomic E-state index is 10.1. The average Bonchev–Trinajstić information content (AvgIpc) is 2.48. The van der Waals surface area contributed by atoms with Crippen LogP contribution >= 0.6 is 0 Å². The molecule has 3 N–H and O–H groups in total. The molecule has 2 heteroatoms. The first kappa shape index (κ1) is 14.8. The van der Waals surface area contributed by atoms with E-state index in [1.165, 1.54) is 11.1 Å². The first-order chi connectivity index (χ1) is 9.66. The van der Waals surface area contributed by atoms with Crippen molar-refractivity contribution in [1.82, 2.24) is 0 Å². The second-order valence-electron chi connectivity index (χ2n) is 5.55. The van der Waals surface area contributed by atoms with E-state index in [4.69, 9.17) is 0 Å². The van der Waals surface area contributed by atoms with Gasteiger partial charge in [0.1, 0.15) is 19.2 Å². The quantitative estimate of drug-likeness (QED) is 0.832. The Morgan fingerprint density at radius 1 is 0.900 bits per heavy atom. The molecule has 0 aliphatic rings. The molecular formula is C18H24NO+. The van der Waals surface area contributed by atoms with E-state index >= 15 is 0 Å². The Hall–Kier alpha value is -1.64. The number of rotatable bonds is 6. The lowest BCUT2D eigenvalue weighted by Crippen LogP contribution is -2.83. The molecule has 0 heterocycles. The van der Waals surface area contributed by atoms with Gasteiger partial charge in [0.25, 0.3) is 0 Å². The van der Waals surface area contributed by atoms with Gasteiger partial charge in [0, 0.05) is 5.56 Å². The van der Waals surface area contributed by atoms with Crippen LogP contribution < -0.4 is 5.32 Å². The van der Waals surface area contributed by atoms with Gasteiger partial charge in [-0.05, 0) is 17.0 Å². The van der Waals surface area contributed by atoms with Gasteiger partial charge in [-0.25, -0.2) is 0 Å². The Bertz CT molecular complexity index is 505. The first-order valence-corrected chi connectivity index (χ1v) is 7.30. The number of hydrogen-bond acceptors (Lipinski definition) is 1. The van der Waals surface area contributed by atoms with Crippen molar-refractivity contribution in [2.24, 2.45) is 0 Å². The van der Waals surface area contributed by atoms with E-state index in [2.05, 4.69) is 43.4 Å². The SMILES string of the molecule is CC(C)c1ccc(C[NH2+]C[C@H](O)c2ccccc2)cc1. The normalized spacial score (nSPS) is 12.6. The van der Waals surface area contributed by atoms with E-state index in [1.807, 2.05) is 30.3 Å². The maximum Gasteiger partial charge on any atom is 0.128 e. The van der Waals surface area contributed by atoms with Crippen molar-refractivity contribution in [3.05, 3.63) is 71.3 Å². The van der Waals surface area contributed by atoms with Crippen LogP contribution in [0.4, 0.5) is 0 Å². The molecule has 2 aromatic carbocycles. The minimum Gasteiger partial charge on any atom is -0.382 e. The molecule has 0 aliphatic heterocycles. The van der Waals surface area contributed by atoms with Crippen LogP contribution in [0.15, 0.2) is 54.6 Å². The van der Waals surface area contributed by atoms with Gasteiger partial charge < -0.3 is 10.4 Å². The summed E-state index contributed by atoms with van der Waals surface area (Å²) >= 11 is 0. The smallest absolute Gasteiger partial charge is 0.128 e. The van der Waals surface area contributed by atoms with Gasteiger partial charge in [0.2, 0.25) is 0 Å². The summed E-state index contributed by atoms with van der Waals surface area (Å²) in [7, 11) is 0. The lowest BCUT2D eigenvalue weighted by Gasteiger charge is -2.10. The number of quaternary nitrogens is 1. The summed E-state index contributed by atoms with van der Waals surface area (Å²) in [5.41, 5.74) is 3.66. The summed E-state index contributed by atoms with van der Waals surface area (Å²) in [4.78, 5) is 0. The molecular weight excluding hydrogens is 246 g/mol. The molecule has 106 valence electrons. The molecule has 0 aliphatic carbocycles. The molecule has 0 fully saturated rings. The molecule has 0 radical (unpaired) electrons. The monoisotopic (exact) mass is 270 g/mol. The molecule has 0 amide bonds. The highest BCUT2D eigenvalue weighted by Crippen LogP contribution is 2.14. The Morgan fingerprint density at radius 3 is 2.15 bits per heavy atom. The first-order valence-electron chi connectivity index (χ1n) is 7.30. The van der Waals surface area contributed by atoms with E-state index < -0.39 is 6.10 Å². The van der Waals surface area contributed by atoms with E-state index in [0.717, 1.165) is 12.1 Å². The van der Waals surface area contributed by atoms with Crippen LogP contribution in [0, 0.1) is 0 Å². The molecule has 2 aromatic rings. The summed E-state index contributed by atoms with van der Waals surface area (Å²) in [5.74, 6) is 0.577. The van der Waals surface area contributed by atoms with Crippen LogP contribution in [0.3, 0.4) is 0 Å². The average molecular weight is 270 g/mol. The van der Waals surface area contributed by atoms with Crippen molar-refractivity contribution in [1.29, 1.82) is 0 Å². The van der Waals surface area contributed by atoms with Gasteiger partial charge in [-0.15, -0.1) is 0 Å². The second kappa shape index (κ2) is 7.22. The molecule has 1 atom stereocenters. The van der Waals surface area contributed by atoms with Crippen molar-refractivity contribution < 1.29 is 10.4 Å². The number of aliphatic hydroxyl groups excluding tert-OH is 1. The molecule has 2 nitrogen and oxygen atoms in total. The third-order valence-electron chi connectivity index (χ3n) is 3.60. The van der Waals surface area contributed by atoms with Gasteiger partial charge in [0.05, 0.1) is 0 Å². The maximum absolute atomic E-state index is 10.1. The van der Waals surface area contributed by atoms with Crippen molar-refractivity contribution in [2.75, 3.05) is 6.54 Å². The van der Waals surface area contributed by atoms with Gasteiger partial charge in [-0.3, -0.25) is 0 Å². The highest BCUT2D eigenvalue weighted by atomic mass is 16.3. The zero-order chi connectivity index (χ0) is 14.4. The Kier molecular flexibility index (Phi) is 5.33. The summed E-state index contributed by atoms with van der Waals surface area (Å²) < 4.78 is 0. The fourth-order valence-corrected chi connectivity index (χ4v) is 2.26. The minimum absolute atomic E-state index is 0.397. The van der Waals surface area contributed by atoms with Gasteiger partial charge in [0.15, 0.2) is 0 Å². The largest absolute Gasteiger partial charge is 0.382 e. The van der Waals surface area contributed by atoms with Gasteiger partial charge >= 0.3 is 0 Å². The van der Waals surface area contributed by atoms with Crippen molar-refractivity contribution in [3.8, 4) is 0 Å². The van der Waals surface area contributed by atoms with Crippen molar-refractivity contribution >= 4 is 0 Å². The summed E-state index contributed by atoms with van der Waals surface area (Å²) in [6, 6.07) is 18.6. The molecule has 0 aromatic heterocycles. The summed E-state index contributed by atoms with van der Waals surface area (Å²) in [5, 5.41) is 12.2. The molecule has 20 heavy (non-hydrogen) atoms. The number of benzene rings is 2. The summed E-state index contributed by atoms with van der Waals surface area (Å²) in [6.45, 7) is 6.01. The van der Waals surface area contributed by atoms with Crippen LogP contribution in [-0.2, 0) is 6.54 Å². The second-order valence-corrected chi connectivity index (χ2v) is 5.55. The fourth-order valence-electron chi connectivity index (χ4n) is 2.26. The van der Waals surface area contributed by atoms with E-state index in [-0.39, 0.29) is 0 Å². The number of nitrogens with two attached hydrogens (primary N) is 1. The van der Waals surface area contributed by atoms with E-state index in [1.54, 1.807) is 0 Å². The third kappa shape index (κ3) is 4.19. The van der Waals surface area contributed by atoms with Crippen LogP contribution in [0.1, 0.15) is 42.6 Å². The number of aliphatic hydroxyl groups is 1. The molecule has 0 unspecified atom stereocenters. The standard InChI is InChI=1S/C18H23NO/c1-14(2)16-10-8-15(9-11-16)12-19-13-18(20)17-6-4-3-5-7-17/h3-11,14,18-20H,12-13H2,1-2H3/p+1/t18-/m0/s1. The van der Waals surface area contributed by atoms with Crippen LogP contribution in [0.25, 0.3) is 0 Å². The molecule has 0 spiro atoms. The van der Waals surface area contributed by atoms with Crippen LogP contribution in [-0.4, -0.2) is 11.7 Å².